The molecule has 3 atom stereocenters. The number of rotatable bonds is 2. The first-order valence-corrected chi connectivity index (χ1v) is 5.12. The van der Waals surface area contributed by atoms with Crippen LogP contribution in [0.4, 0.5) is 0 Å². The van der Waals surface area contributed by atoms with E-state index in [1.807, 2.05) is 13.8 Å². The van der Waals surface area contributed by atoms with E-state index in [4.69, 9.17) is 9.47 Å². The van der Waals surface area contributed by atoms with E-state index in [2.05, 4.69) is 6.92 Å². The average molecular weight is 190 g/mol. The summed E-state index contributed by atoms with van der Waals surface area (Å²) in [5.74, 6) is 0. The van der Waals surface area contributed by atoms with Gasteiger partial charge in [-0.1, -0.05) is 20.8 Å². The van der Waals surface area contributed by atoms with Crippen molar-refractivity contribution in [2.24, 2.45) is 0 Å². The van der Waals surface area contributed by atoms with Crippen LogP contribution in [-0.4, -0.2) is 30.7 Å². The van der Waals surface area contributed by atoms with Crippen molar-refractivity contribution in [1.29, 1.82) is 0 Å². The summed E-state index contributed by atoms with van der Waals surface area (Å²) in [7, 11) is 1.61. The lowest BCUT2D eigenvalue weighted by Gasteiger charge is -2.31. The Kier molecular flexibility index (Phi) is 7.23. The molecule has 0 aromatic rings. The van der Waals surface area contributed by atoms with E-state index in [0.717, 1.165) is 12.8 Å². The van der Waals surface area contributed by atoms with Crippen molar-refractivity contribution in [1.82, 2.24) is 0 Å². The third-order valence-electron chi connectivity index (χ3n) is 2.06. The first kappa shape index (κ1) is 12.9. The van der Waals surface area contributed by atoms with Crippen molar-refractivity contribution in [2.75, 3.05) is 7.11 Å². The summed E-state index contributed by atoms with van der Waals surface area (Å²) in [5.41, 5.74) is 0. The van der Waals surface area contributed by atoms with Gasteiger partial charge in [0.15, 0.2) is 6.29 Å². The summed E-state index contributed by atoms with van der Waals surface area (Å²) in [6, 6.07) is 0. The molecule has 0 saturated carbocycles. The number of aliphatic hydroxyl groups excluding tert-OH is 1. The summed E-state index contributed by atoms with van der Waals surface area (Å²) in [6.07, 6.45) is 2.01. The first-order chi connectivity index (χ1) is 6.26. The second-order valence-electron chi connectivity index (χ2n) is 2.96. The van der Waals surface area contributed by atoms with Gasteiger partial charge in [0, 0.05) is 13.5 Å². The topological polar surface area (TPSA) is 38.7 Å². The van der Waals surface area contributed by atoms with Crippen molar-refractivity contribution >= 4 is 0 Å². The van der Waals surface area contributed by atoms with Crippen molar-refractivity contribution in [2.45, 2.75) is 58.5 Å². The standard InChI is InChI=1S/C8H16O3.C2H6/c1-3-7-4-6(9)5-8(10-2)11-7;1-2/h6-9H,3-5H2,1-2H3;1-2H3. The van der Waals surface area contributed by atoms with Crippen LogP contribution < -0.4 is 0 Å². The Balaban J connectivity index is 0.000000671. The lowest BCUT2D eigenvalue weighted by Crippen LogP contribution is -2.36. The van der Waals surface area contributed by atoms with Gasteiger partial charge in [0.2, 0.25) is 0 Å². The van der Waals surface area contributed by atoms with Crippen molar-refractivity contribution < 1.29 is 14.6 Å². The Hall–Kier alpha value is -0.120. The number of hydrogen-bond donors (Lipinski definition) is 1. The van der Waals surface area contributed by atoms with Crippen LogP contribution in [0, 0.1) is 0 Å². The minimum Gasteiger partial charge on any atom is -0.393 e. The van der Waals surface area contributed by atoms with Gasteiger partial charge < -0.3 is 14.6 Å². The second kappa shape index (κ2) is 7.30. The van der Waals surface area contributed by atoms with Gasteiger partial charge in [-0.15, -0.1) is 0 Å². The fourth-order valence-corrected chi connectivity index (χ4v) is 1.36. The summed E-state index contributed by atoms with van der Waals surface area (Å²) in [5, 5.41) is 9.35. The maximum atomic E-state index is 9.35. The Morgan fingerprint density at radius 1 is 1.38 bits per heavy atom. The molecule has 0 bridgehead atoms. The summed E-state index contributed by atoms with van der Waals surface area (Å²) in [6.45, 7) is 6.05. The minimum atomic E-state index is -0.251. The van der Waals surface area contributed by atoms with Crippen LogP contribution in [0.25, 0.3) is 0 Å². The van der Waals surface area contributed by atoms with E-state index in [1.165, 1.54) is 0 Å². The Labute approximate surface area is 81.0 Å². The molecule has 13 heavy (non-hydrogen) atoms. The molecule has 1 aliphatic rings. The molecule has 0 aromatic carbocycles. The summed E-state index contributed by atoms with van der Waals surface area (Å²) < 4.78 is 10.5. The predicted octanol–water partition coefficient (Wildman–Crippen LogP) is 1.94. The van der Waals surface area contributed by atoms with E-state index in [0.29, 0.717) is 6.42 Å². The highest BCUT2D eigenvalue weighted by molar-refractivity contribution is 4.71. The highest BCUT2D eigenvalue weighted by atomic mass is 16.7. The Morgan fingerprint density at radius 3 is 2.46 bits per heavy atom. The number of aliphatic hydroxyl groups is 1. The van der Waals surface area contributed by atoms with Gasteiger partial charge >= 0.3 is 0 Å². The molecular weight excluding hydrogens is 168 g/mol. The van der Waals surface area contributed by atoms with E-state index in [9.17, 15) is 5.11 Å². The molecule has 1 N–H and O–H groups in total. The van der Waals surface area contributed by atoms with Gasteiger partial charge in [-0.2, -0.15) is 0 Å². The van der Waals surface area contributed by atoms with Crippen molar-refractivity contribution in [3.05, 3.63) is 0 Å². The molecule has 0 spiro atoms. The molecule has 3 unspecified atom stereocenters. The molecule has 3 heteroatoms. The highest BCUT2D eigenvalue weighted by Crippen LogP contribution is 2.21. The average Bonchev–Trinajstić information content (AvgIpc) is 2.20. The molecule has 0 aromatic heterocycles. The van der Waals surface area contributed by atoms with Gasteiger partial charge in [0.05, 0.1) is 12.2 Å². The maximum Gasteiger partial charge on any atom is 0.160 e. The fourth-order valence-electron chi connectivity index (χ4n) is 1.36. The number of ether oxygens (including phenoxy) is 2. The van der Waals surface area contributed by atoms with Crippen LogP contribution in [0.1, 0.15) is 40.0 Å². The molecule has 1 heterocycles. The molecule has 1 rings (SSSR count). The smallest absolute Gasteiger partial charge is 0.160 e. The molecular formula is C10H22O3. The van der Waals surface area contributed by atoms with E-state index in [-0.39, 0.29) is 18.5 Å². The zero-order valence-electron chi connectivity index (χ0n) is 9.12. The van der Waals surface area contributed by atoms with Crippen molar-refractivity contribution in [3.8, 4) is 0 Å². The first-order valence-electron chi connectivity index (χ1n) is 5.12. The molecule has 3 nitrogen and oxygen atoms in total. The predicted molar refractivity (Wildman–Crippen MR) is 52.5 cm³/mol. The van der Waals surface area contributed by atoms with E-state index < -0.39 is 0 Å². The van der Waals surface area contributed by atoms with Crippen LogP contribution in [0.3, 0.4) is 0 Å². The minimum absolute atomic E-state index is 0.170. The van der Waals surface area contributed by atoms with Crippen LogP contribution in [0.2, 0.25) is 0 Å². The quantitative estimate of drug-likeness (QED) is 0.723. The van der Waals surface area contributed by atoms with Crippen LogP contribution >= 0.6 is 0 Å². The Bertz CT molecular complexity index is 105. The molecule has 1 aliphatic heterocycles. The van der Waals surface area contributed by atoms with Crippen LogP contribution in [0.15, 0.2) is 0 Å². The second-order valence-corrected chi connectivity index (χ2v) is 2.96. The van der Waals surface area contributed by atoms with Crippen LogP contribution in [0.5, 0.6) is 0 Å². The van der Waals surface area contributed by atoms with E-state index in [1.54, 1.807) is 7.11 Å². The summed E-state index contributed by atoms with van der Waals surface area (Å²) in [4.78, 5) is 0. The third-order valence-corrected chi connectivity index (χ3v) is 2.06. The van der Waals surface area contributed by atoms with Gasteiger partial charge in [0.1, 0.15) is 0 Å². The number of hydrogen-bond acceptors (Lipinski definition) is 3. The highest BCUT2D eigenvalue weighted by Gasteiger charge is 2.26. The maximum absolute atomic E-state index is 9.35. The zero-order chi connectivity index (χ0) is 10.3. The SMILES string of the molecule is CC.CCC1CC(O)CC(OC)O1. The van der Waals surface area contributed by atoms with Gasteiger partial charge in [0.25, 0.3) is 0 Å². The van der Waals surface area contributed by atoms with Crippen molar-refractivity contribution in [3.63, 3.8) is 0 Å². The van der Waals surface area contributed by atoms with Gasteiger partial charge in [-0.25, -0.2) is 0 Å². The van der Waals surface area contributed by atoms with Gasteiger partial charge in [-0.05, 0) is 12.8 Å². The Morgan fingerprint density at radius 2 is 2.00 bits per heavy atom. The van der Waals surface area contributed by atoms with Gasteiger partial charge in [-0.3, -0.25) is 0 Å². The third kappa shape index (κ3) is 4.60. The molecule has 80 valence electrons. The normalized spacial score (nSPS) is 33.5. The molecule has 1 saturated heterocycles. The molecule has 0 radical (unpaired) electrons. The number of methoxy groups -OCH3 is 1. The fraction of sp³-hybridized carbons (Fsp3) is 1.00. The molecule has 0 amide bonds. The van der Waals surface area contributed by atoms with Crippen LogP contribution in [-0.2, 0) is 9.47 Å². The largest absolute Gasteiger partial charge is 0.393 e. The lowest BCUT2D eigenvalue weighted by molar-refractivity contribution is -0.203. The summed E-state index contributed by atoms with van der Waals surface area (Å²) >= 11 is 0. The molecule has 0 aliphatic carbocycles. The molecule has 1 fully saturated rings. The zero-order valence-corrected chi connectivity index (χ0v) is 9.12. The monoisotopic (exact) mass is 190 g/mol. The van der Waals surface area contributed by atoms with E-state index >= 15 is 0 Å². The lowest BCUT2D eigenvalue weighted by atomic mass is 10.0.